The third-order valence-electron chi connectivity index (χ3n) is 3.25. The molecule has 94 valence electrons. The number of aromatic nitrogens is 2. The van der Waals surface area contributed by atoms with Crippen molar-refractivity contribution >= 4 is 5.82 Å². The van der Waals surface area contributed by atoms with Gasteiger partial charge in [-0.25, -0.2) is 13.5 Å². The van der Waals surface area contributed by atoms with Crippen LogP contribution in [0.2, 0.25) is 0 Å². The minimum atomic E-state index is -0.547. The van der Waals surface area contributed by atoms with Gasteiger partial charge in [-0.3, -0.25) is 0 Å². The predicted molar refractivity (Wildman–Crippen MR) is 64.6 cm³/mol. The first-order valence-corrected chi connectivity index (χ1v) is 5.89. The normalized spacial score (nSPS) is 18.3. The number of rotatable bonds is 1. The highest BCUT2D eigenvalue weighted by atomic mass is 19.1. The van der Waals surface area contributed by atoms with Gasteiger partial charge in [-0.05, 0) is 31.0 Å². The van der Waals surface area contributed by atoms with Gasteiger partial charge in [-0.1, -0.05) is 0 Å². The van der Waals surface area contributed by atoms with E-state index in [0.29, 0.717) is 5.56 Å². The molecule has 1 N–H and O–H groups in total. The lowest BCUT2D eigenvalue weighted by atomic mass is 10.0. The second-order valence-electron chi connectivity index (χ2n) is 4.55. The number of fused-ring (bicyclic) bond motifs is 1. The molecule has 18 heavy (non-hydrogen) atoms. The third-order valence-corrected chi connectivity index (χ3v) is 3.25. The van der Waals surface area contributed by atoms with Crippen LogP contribution in [-0.4, -0.2) is 16.3 Å². The largest absolute Gasteiger partial charge is 0.370 e. The summed E-state index contributed by atoms with van der Waals surface area (Å²) in [5.74, 6) is -0.168. The topological polar surface area (TPSA) is 29.9 Å². The molecule has 1 unspecified atom stereocenters. The van der Waals surface area contributed by atoms with Crippen molar-refractivity contribution in [1.82, 2.24) is 9.78 Å². The van der Waals surface area contributed by atoms with Crippen molar-refractivity contribution < 1.29 is 8.78 Å². The smallest absolute Gasteiger partial charge is 0.127 e. The van der Waals surface area contributed by atoms with Crippen LogP contribution in [0.5, 0.6) is 0 Å². The van der Waals surface area contributed by atoms with E-state index in [9.17, 15) is 8.78 Å². The van der Waals surface area contributed by atoms with Crippen LogP contribution in [0.15, 0.2) is 24.4 Å². The average molecular weight is 249 g/mol. The number of hydrogen-bond donors (Lipinski definition) is 1. The molecule has 2 heterocycles. The molecule has 1 aliphatic rings. The van der Waals surface area contributed by atoms with E-state index in [1.807, 2.05) is 6.92 Å². The zero-order chi connectivity index (χ0) is 12.7. The summed E-state index contributed by atoms with van der Waals surface area (Å²) in [5.41, 5.74) is 1.66. The summed E-state index contributed by atoms with van der Waals surface area (Å²) in [5, 5.41) is 7.54. The van der Waals surface area contributed by atoms with Gasteiger partial charge in [0, 0.05) is 18.2 Å². The highest BCUT2D eigenvalue weighted by molar-refractivity contribution is 5.46. The molecule has 1 aromatic heterocycles. The van der Waals surface area contributed by atoms with Crippen LogP contribution in [0.25, 0.3) is 0 Å². The molecule has 3 rings (SSSR count). The van der Waals surface area contributed by atoms with E-state index in [1.165, 1.54) is 12.1 Å². The van der Waals surface area contributed by atoms with Gasteiger partial charge in [-0.15, -0.1) is 0 Å². The molecule has 3 nitrogen and oxygen atoms in total. The Balaban J connectivity index is 2.08. The minimum absolute atomic E-state index is 0.111. The predicted octanol–water partition coefficient (Wildman–Crippen LogP) is 2.87. The van der Waals surface area contributed by atoms with E-state index in [2.05, 4.69) is 10.4 Å². The van der Waals surface area contributed by atoms with E-state index < -0.39 is 11.6 Å². The van der Waals surface area contributed by atoms with Crippen molar-refractivity contribution in [3.05, 3.63) is 47.2 Å². The van der Waals surface area contributed by atoms with Gasteiger partial charge >= 0.3 is 0 Å². The van der Waals surface area contributed by atoms with Crippen LogP contribution in [-0.2, 0) is 0 Å². The standard InChI is InChI=1S/C13H13F2N3/c1-8-7-17-18-12(2-3-16-13(8)18)9-4-10(14)6-11(15)5-9/h4-7,12,16H,2-3H2,1H3. The fourth-order valence-electron chi connectivity index (χ4n) is 2.43. The highest BCUT2D eigenvalue weighted by Crippen LogP contribution is 2.31. The fourth-order valence-corrected chi connectivity index (χ4v) is 2.43. The summed E-state index contributed by atoms with van der Waals surface area (Å²) in [4.78, 5) is 0. The van der Waals surface area contributed by atoms with Crippen molar-refractivity contribution in [2.75, 3.05) is 11.9 Å². The third kappa shape index (κ3) is 1.75. The Morgan fingerprint density at radius 3 is 2.72 bits per heavy atom. The summed E-state index contributed by atoms with van der Waals surface area (Å²) in [7, 11) is 0. The zero-order valence-electron chi connectivity index (χ0n) is 9.95. The highest BCUT2D eigenvalue weighted by Gasteiger charge is 2.23. The van der Waals surface area contributed by atoms with Crippen molar-refractivity contribution in [3.63, 3.8) is 0 Å². The molecule has 0 aliphatic carbocycles. The van der Waals surface area contributed by atoms with Gasteiger partial charge < -0.3 is 5.32 Å². The van der Waals surface area contributed by atoms with Crippen LogP contribution in [0.3, 0.4) is 0 Å². The number of nitrogens with one attached hydrogen (secondary N) is 1. The van der Waals surface area contributed by atoms with Crippen molar-refractivity contribution in [1.29, 1.82) is 0 Å². The molecule has 1 aromatic carbocycles. The molecule has 2 aromatic rings. The van der Waals surface area contributed by atoms with Crippen LogP contribution in [0.1, 0.15) is 23.6 Å². The van der Waals surface area contributed by atoms with E-state index in [4.69, 9.17) is 0 Å². The summed E-state index contributed by atoms with van der Waals surface area (Å²) < 4.78 is 28.4. The Labute approximate surface area is 103 Å². The first-order valence-electron chi connectivity index (χ1n) is 5.89. The van der Waals surface area contributed by atoms with Crippen LogP contribution in [0.4, 0.5) is 14.6 Å². The zero-order valence-corrected chi connectivity index (χ0v) is 9.95. The fraction of sp³-hybridized carbons (Fsp3) is 0.308. The Hall–Kier alpha value is -1.91. The quantitative estimate of drug-likeness (QED) is 0.842. The molecular weight excluding hydrogens is 236 g/mol. The van der Waals surface area contributed by atoms with Gasteiger partial charge in [-0.2, -0.15) is 5.10 Å². The summed E-state index contributed by atoms with van der Waals surface area (Å²) >= 11 is 0. The van der Waals surface area contributed by atoms with Gasteiger partial charge in [0.15, 0.2) is 0 Å². The molecule has 5 heteroatoms. The first kappa shape index (κ1) is 11.2. The molecule has 0 radical (unpaired) electrons. The van der Waals surface area contributed by atoms with Crippen LogP contribution >= 0.6 is 0 Å². The summed E-state index contributed by atoms with van der Waals surface area (Å²) in [6, 6.07) is 3.53. The Morgan fingerprint density at radius 2 is 2.00 bits per heavy atom. The molecule has 0 spiro atoms. The summed E-state index contributed by atoms with van der Waals surface area (Å²) in [6.45, 7) is 2.73. The number of nitrogens with zero attached hydrogens (tertiary/aromatic N) is 2. The maximum absolute atomic E-state index is 13.3. The maximum atomic E-state index is 13.3. The Morgan fingerprint density at radius 1 is 1.28 bits per heavy atom. The van der Waals surface area contributed by atoms with E-state index in [1.54, 1.807) is 10.9 Å². The van der Waals surface area contributed by atoms with Crippen molar-refractivity contribution in [2.24, 2.45) is 0 Å². The van der Waals surface area contributed by atoms with Crippen molar-refractivity contribution in [3.8, 4) is 0 Å². The maximum Gasteiger partial charge on any atom is 0.127 e. The monoisotopic (exact) mass is 249 g/mol. The Bertz CT molecular complexity index is 572. The molecule has 1 atom stereocenters. The number of hydrogen-bond acceptors (Lipinski definition) is 2. The lowest BCUT2D eigenvalue weighted by Gasteiger charge is -2.26. The molecule has 0 saturated heterocycles. The second kappa shape index (κ2) is 4.08. The first-order chi connectivity index (χ1) is 8.65. The lowest BCUT2D eigenvalue weighted by molar-refractivity contribution is 0.474. The Kier molecular flexibility index (Phi) is 2.54. The van der Waals surface area contributed by atoms with Crippen LogP contribution < -0.4 is 5.32 Å². The van der Waals surface area contributed by atoms with Gasteiger partial charge in [0.2, 0.25) is 0 Å². The number of anilines is 1. The van der Waals surface area contributed by atoms with E-state index >= 15 is 0 Å². The number of halogens is 2. The lowest BCUT2D eigenvalue weighted by Crippen LogP contribution is -2.24. The van der Waals surface area contributed by atoms with Gasteiger partial charge in [0.25, 0.3) is 0 Å². The van der Waals surface area contributed by atoms with Crippen LogP contribution in [0, 0.1) is 18.6 Å². The van der Waals surface area contributed by atoms with Gasteiger partial charge in [0.05, 0.1) is 12.2 Å². The molecule has 0 amide bonds. The minimum Gasteiger partial charge on any atom is -0.370 e. The summed E-state index contributed by atoms with van der Waals surface area (Å²) in [6.07, 6.45) is 2.52. The SMILES string of the molecule is Cc1cnn2c1NCCC2c1cc(F)cc(F)c1. The van der Waals surface area contributed by atoms with Gasteiger partial charge in [0.1, 0.15) is 17.5 Å². The average Bonchev–Trinajstić information content (AvgIpc) is 2.70. The number of aryl methyl sites for hydroxylation is 1. The molecule has 0 fully saturated rings. The van der Waals surface area contributed by atoms with E-state index in [0.717, 1.165) is 30.4 Å². The molecular formula is C13H13F2N3. The molecule has 0 bridgehead atoms. The second-order valence-corrected chi connectivity index (χ2v) is 4.55. The molecule has 0 saturated carbocycles. The molecule has 1 aliphatic heterocycles. The van der Waals surface area contributed by atoms with E-state index in [-0.39, 0.29) is 6.04 Å². The number of benzene rings is 1. The van der Waals surface area contributed by atoms with Crippen molar-refractivity contribution in [2.45, 2.75) is 19.4 Å².